The molecule has 7 heteroatoms. The number of hydrogen-bond donors (Lipinski definition) is 1. The van der Waals surface area contributed by atoms with Gasteiger partial charge in [-0.15, -0.1) is 0 Å². The van der Waals surface area contributed by atoms with Crippen molar-refractivity contribution in [1.82, 2.24) is 19.7 Å². The van der Waals surface area contributed by atoms with Gasteiger partial charge in [-0.25, -0.2) is 14.6 Å². The molecule has 0 saturated heterocycles. The van der Waals surface area contributed by atoms with Gasteiger partial charge in [0.25, 0.3) is 0 Å². The molecule has 4 aromatic rings. The Morgan fingerprint density at radius 2 is 1.88 bits per heavy atom. The molecule has 2 aromatic carbocycles. The summed E-state index contributed by atoms with van der Waals surface area (Å²) < 4.78 is 8.06. The van der Waals surface area contributed by atoms with Gasteiger partial charge >= 0.3 is 0 Å². The fourth-order valence-electron chi connectivity index (χ4n) is 3.96. The van der Waals surface area contributed by atoms with E-state index in [9.17, 15) is 0 Å². The molecular formula is C25H28ClN5O. The van der Waals surface area contributed by atoms with E-state index in [1.54, 1.807) is 0 Å². The maximum absolute atomic E-state index is 6.48. The second kappa shape index (κ2) is 8.43. The highest BCUT2D eigenvalue weighted by Gasteiger charge is 2.24. The van der Waals surface area contributed by atoms with Gasteiger partial charge in [-0.3, -0.25) is 0 Å². The summed E-state index contributed by atoms with van der Waals surface area (Å²) in [5.41, 5.74) is 11.8. The summed E-state index contributed by atoms with van der Waals surface area (Å²) >= 11 is 6.48. The van der Waals surface area contributed by atoms with Gasteiger partial charge in [-0.05, 0) is 63.4 Å². The van der Waals surface area contributed by atoms with Crippen molar-refractivity contribution < 1.29 is 4.74 Å². The Morgan fingerprint density at radius 3 is 2.59 bits per heavy atom. The van der Waals surface area contributed by atoms with Crippen LogP contribution in [-0.4, -0.2) is 19.7 Å². The number of fused-ring (bicyclic) bond motifs is 1. The lowest BCUT2D eigenvalue weighted by Crippen LogP contribution is -2.23. The van der Waals surface area contributed by atoms with Gasteiger partial charge in [-0.1, -0.05) is 36.7 Å². The van der Waals surface area contributed by atoms with Crippen molar-refractivity contribution in [3.8, 4) is 17.0 Å². The van der Waals surface area contributed by atoms with E-state index in [1.165, 1.54) is 17.5 Å². The summed E-state index contributed by atoms with van der Waals surface area (Å²) in [5.74, 6) is 1.14. The molecule has 0 spiro atoms. The van der Waals surface area contributed by atoms with Crippen molar-refractivity contribution in [2.45, 2.75) is 53.2 Å². The Labute approximate surface area is 193 Å². The molecule has 32 heavy (non-hydrogen) atoms. The van der Waals surface area contributed by atoms with Crippen LogP contribution in [0.3, 0.4) is 0 Å². The first kappa shape index (κ1) is 22.1. The number of halogens is 1. The molecule has 2 aromatic heterocycles. The SMILES string of the molecule is CCc1c(C)ccc(Cl)c1COc1cccc(-c2nn(C(C)(C)C)c3ncnc(N)c23)c1. The zero-order valence-electron chi connectivity index (χ0n) is 19.1. The van der Waals surface area contributed by atoms with Crippen molar-refractivity contribution in [1.29, 1.82) is 0 Å². The van der Waals surface area contributed by atoms with E-state index in [-0.39, 0.29) is 5.54 Å². The molecule has 0 aliphatic rings. The van der Waals surface area contributed by atoms with Crippen LogP contribution in [0.25, 0.3) is 22.3 Å². The fraction of sp³-hybridized carbons (Fsp3) is 0.320. The molecule has 2 heterocycles. The number of hydrogen-bond acceptors (Lipinski definition) is 5. The molecule has 0 aliphatic carbocycles. The monoisotopic (exact) mass is 449 g/mol. The largest absolute Gasteiger partial charge is 0.489 e. The van der Waals surface area contributed by atoms with E-state index >= 15 is 0 Å². The van der Waals surface area contributed by atoms with Crippen LogP contribution in [0.4, 0.5) is 5.82 Å². The second-order valence-electron chi connectivity index (χ2n) is 8.88. The minimum atomic E-state index is -0.260. The molecule has 0 fully saturated rings. The van der Waals surface area contributed by atoms with E-state index < -0.39 is 0 Å². The number of nitrogens with zero attached hydrogens (tertiary/aromatic N) is 4. The smallest absolute Gasteiger partial charge is 0.164 e. The van der Waals surface area contributed by atoms with Crippen LogP contribution in [0, 0.1) is 6.92 Å². The minimum absolute atomic E-state index is 0.260. The summed E-state index contributed by atoms with van der Waals surface area (Å²) in [4.78, 5) is 8.65. The van der Waals surface area contributed by atoms with Crippen molar-refractivity contribution in [3.05, 3.63) is 64.4 Å². The third-order valence-electron chi connectivity index (χ3n) is 5.58. The Hall–Kier alpha value is -3.12. The van der Waals surface area contributed by atoms with Crippen LogP contribution in [0.1, 0.15) is 44.4 Å². The average molecular weight is 450 g/mol. The number of rotatable bonds is 5. The molecule has 0 radical (unpaired) electrons. The highest BCUT2D eigenvalue weighted by atomic mass is 35.5. The highest BCUT2D eigenvalue weighted by Crippen LogP contribution is 2.34. The third kappa shape index (κ3) is 4.02. The summed E-state index contributed by atoms with van der Waals surface area (Å²) in [7, 11) is 0. The third-order valence-corrected chi connectivity index (χ3v) is 5.94. The number of ether oxygens (including phenoxy) is 1. The van der Waals surface area contributed by atoms with Crippen molar-refractivity contribution >= 4 is 28.5 Å². The van der Waals surface area contributed by atoms with Crippen LogP contribution < -0.4 is 10.5 Å². The standard InChI is InChI=1S/C25H28ClN5O/c1-6-18-15(2)10-11-20(26)19(18)13-32-17-9-7-8-16(12-17)22-21-23(27)28-14-29-24(21)31(30-22)25(3,4)5/h7-12,14H,6,13H2,1-5H3,(H2,27,28,29). The van der Waals surface area contributed by atoms with Gasteiger partial charge in [0.1, 0.15) is 30.2 Å². The lowest BCUT2D eigenvalue weighted by Gasteiger charge is -2.19. The van der Waals surface area contributed by atoms with Crippen molar-refractivity contribution in [2.75, 3.05) is 5.73 Å². The van der Waals surface area contributed by atoms with Gasteiger partial charge in [0.2, 0.25) is 0 Å². The molecule has 0 aliphatic heterocycles. The maximum Gasteiger partial charge on any atom is 0.164 e. The first-order valence-electron chi connectivity index (χ1n) is 10.7. The van der Waals surface area contributed by atoms with Gasteiger partial charge in [-0.2, -0.15) is 5.10 Å². The number of anilines is 1. The molecule has 0 unspecified atom stereocenters. The van der Waals surface area contributed by atoms with Crippen LogP contribution in [0.15, 0.2) is 42.7 Å². The molecule has 4 rings (SSSR count). The van der Waals surface area contributed by atoms with Crippen molar-refractivity contribution in [2.24, 2.45) is 0 Å². The quantitative estimate of drug-likeness (QED) is 0.408. The van der Waals surface area contributed by atoms with Crippen LogP contribution in [0.2, 0.25) is 5.02 Å². The van der Waals surface area contributed by atoms with Gasteiger partial charge < -0.3 is 10.5 Å². The lowest BCUT2D eigenvalue weighted by molar-refractivity contribution is 0.305. The lowest BCUT2D eigenvalue weighted by atomic mass is 10.00. The maximum atomic E-state index is 6.48. The predicted molar refractivity (Wildman–Crippen MR) is 130 cm³/mol. The molecular weight excluding hydrogens is 422 g/mol. The number of aromatic nitrogens is 4. The summed E-state index contributed by atoms with van der Waals surface area (Å²) in [6.45, 7) is 10.9. The number of benzene rings is 2. The van der Waals surface area contributed by atoms with Gasteiger partial charge in [0.15, 0.2) is 5.65 Å². The zero-order chi connectivity index (χ0) is 23.0. The van der Waals surface area contributed by atoms with Crippen LogP contribution in [0.5, 0.6) is 5.75 Å². The first-order valence-corrected chi connectivity index (χ1v) is 11.1. The van der Waals surface area contributed by atoms with E-state index in [0.717, 1.165) is 39.4 Å². The van der Waals surface area contributed by atoms with E-state index in [0.29, 0.717) is 18.1 Å². The minimum Gasteiger partial charge on any atom is -0.489 e. The fourth-order valence-corrected chi connectivity index (χ4v) is 4.19. The predicted octanol–water partition coefficient (Wildman–Crippen LogP) is 5.93. The second-order valence-corrected chi connectivity index (χ2v) is 9.29. The Morgan fingerprint density at radius 1 is 1.09 bits per heavy atom. The average Bonchev–Trinajstić information content (AvgIpc) is 3.16. The molecule has 166 valence electrons. The first-order chi connectivity index (χ1) is 15.2. The molecule has 0 saturated carbocycles. The summed E-state index contributed by atoms with van der Waals surface area (Å²) in [6, 6.07) is 11.8. The molecule has 0 bridgehead atoms. The molecule has 6 nitrogen and oxygen atoms in total. The molecule has 2 N–H and O–H groups in total. The van der Waals surface area contributed by atoms with Crippen LogP contribution in [-0.2, 0) is 18.6 Å². The van der Waals surface area contributed by atoms with Crippen molar-refractivity contribution in [3.63, 3.8) is 0 Å². The number of nitrogens with two attached hydrogens (primary N) is 1. The van der Waals surface area contributed by atoms with E-state index in [2.05, 4.69) is 50.7 Å². The number of nitrogen functional groups attached to an aromatic ring is 1. The summed E-state index contributed by atoms with van der Waals surface area (Å²) in [5, 5.41) is 6.33. The van der Waals surface area contributed by atoms with Gasteiger partial charge in [0, 0.05) is 16.1 Å². The summed E-state index contributed by atoms with van der Waals surface area (Å²) in [6.07, 6.45) is 2.38. The normalized spacial score (nSPS) is 11.8. The Bertz CT molecular complexity index is 1290. The Kier molecular flexibility index (Phi) is 5.82. The van der Waals surface area contributed by atoms with E-state index in [1.807, 2.05) is 35.0 Å². The van der Waals surface area contributed by atoms with Crippen LogP contribution >= 0.6 is 11.6 Å². The highest BCUT2D eigenvalue weighted by molar-refractivity contribution is 6.31. The van der Waals surface area contributed by atoms with E-state index in [4.69, 9.17) is 27.2 Å². The Balaban J connectivity index is 1.73. The molecule has 0 atom stereocenters. The topological polar surface area (TPSA) is 78.8 Å². The zero-order valence-corrected chi connectivity index (χ0v) is 19.9. The number of aryl methyl sites for hydroxylation is 1. The molecule has 0 amide bonds. The van der Waals surface area contributed by atoms with Gasteiger partial charge in [0.05, 0.1) is 10.9 Å².